The van der Waals surface area contributed by atoms with Gasteiger partial charge in [-0.25, -0.2) is 13.1 Å². The number of nitrogen functional groups attached to an aromatic ring is 1. The number of carbonyl (C=O) groups is 1. The van der Waals surface area contributed by atoms with Gasteiger partial charge < -0.3 is 16.4 Å². The van der Waals surface area contributed by atoms with Crippen LogP contribution in [0.4, 0.5) is 11.4 Å². The van der Waals surface area contributed by atoms with Crippen molar-refractivity contribution in [3.8, 4) is 0 Å². The second-order valence-electron chi connectivity index (χ2n) is 3.94. The van der Waals surface area contributed by atoms with Gasteiger partial charge in [0.25, 0.3) is 0 Å². The van der Waals surface area contributed by atoms with Crippen LogP contribution in [-0.4, -0.2) is 34.5 Å². The molecule has 19 heavy (non-hydrogen) atoms. The number of nitrogens with one attached hydrogen (secondary N) is 3. The van der Waals surface area contributed by atoms with Crippen molar-refractivity contribution in [3.05, 3.63) is 18.2 Å². The Morgan fingerprint density at radius 1 is 1.32 bits per heavy atom. The van der Waals surface area contributed by atoms with E-state index in [1.54, 1.807) is 13.0 Å². The van der Waals surface area contributed by atoms with Gasteiger partial charge >= 0.3 is 0 Å². The Morgan fingerprint density at radius 3 is 2.42 bits per heavy atom. The lowest BCUT2D eigenvalue weighted by Crippen LogP contribution is -2.35. The van der Waals surface area contributed by atoms with Gasteiger partial charge in [-0.3, -0.25) is 4.79 Å². The lowest BCUT2D eigenvalue weighted by molar-refractivity contribution is -0.121. The molecule has 0 aliphatic rings. The molecular weight excluding hydrogens is 268 g/mol. The van der Waals surface area contributed by atoms with Crippen molar-refractivity contribution in [2.75, 3.05) is 25.1 Å². The number of amides is 1. The van der Waals surface area contributed by atoms with Crippen LogP contribution in [0.5, 0.6) is 0 Å². The summed E-state index contributed by atoms with van der Waals surface area (Å²) in [5.74, 6) is -0.175. The fourth-order valence-corrected chi connectivity index (χ4v) is 2.36. The smallest absolute Gasteiger partial charge is 0.242 e. The average Bonchev–Trinajstić information content (AvgIpc) is 2.37. The van der Waals surface area contributed by atoms with Crippen LogP contribution in [-0.2, 0) is 14.8 Å². The molecule has 1 atom stereocenters. The summed E-state index contributed by atoms with van der Waals surface area (Å²) >= 11 is 0. The van der Waals surface area contributed by atoms with E-state index in [1.807, 2.05) is 0 Å². The third kappa shape index (κ3) is 3.58. The number of likely N-dealkylation sites (N-methyl/N-ethyl adjacent to an activating group) is 1. The first-order valence-corrected chi connectivity index (χ1v) is 7.11. The second-order valence-corrected chi connectivity index (χ2v) is 5.80. The van der Waals surface area contributed by atoms with Crippen molar-refractivity contribution >= 4 is 27.3 Å². The van der Waals surface area contributed by atoms with Gasteiger partial charge in [0.1, 0.15) is 10.9 Å². The van der Waals surface area contributed by atoms with Gasteiger partial charge in [0.05, 0.1) is 5.69 Å². The number of nitrogens with two attached hydrogens (primary N) is 1. The largest absolute Gasteiger partial charge is 0.398 e. The van der Waals surface area contributed by atoms with Crippen molar-refractivity contribution in [1.82, 2.24) is 10.0 Å². The molecule has 0 bridgehead atoms. The molecule has 1 aromatic rings. The standard InChI is InChI=1S/C11H18N4O3S/c1-7(11(16)13-2)15-8-4-5-10(9(12)6-8)19(17,18)14-3/h4-7,14-15H,12H2,1-3H3,(H,13,16). The van der Waals surface area contributed by atoms with E-state index >= 15 is 0 Å². The zero-order valence-electron chi connectivity index (χ0n) is 11.0. The minimum Gasteiger partial charge on any atom is -0.398 e. The number of rotatable bonds is 5. The van der Waals surface area contributed by atoms with Crippen molar-refractivity contribution in [2.24, 2.45) is 0 Å². The molecule has 0 saturated carbocycles. The van der Waals surface area contributed by atoms with Crippen LogP contribution in [0.2, 0.25) is 0 Å². The van der Waals surface area contributed by atoms with Gasteiger partial charge in [-0.1, -0.05) is 0 Å². The Labute approximate surface area is 112 Å². The lowest BCUT2D eigenvalue weighted by atomic mass is 10.2. The normalized spacial score (nSPS) is 12.8. The minimum atomic E-state index is -3.58. The summed E-state index contributed by atoms with van der Waals surface area (Å²) in [6.07, 6.45) is 0. The van der Waals surface area contributed by atoms with Gasteiger partial charge in [0.2, 0.25) is 15.9 Å². The Balaban J connectivity index is 2.98. The highest BCUT2D eigenvalue weighted by Gasteiger charge is 2.16. The molecule has 0 fully saturated rings. The number of anilines is 2. The predicted octanol–water partition coefficient (Wildman–Crippen LogP) is -0.277. The number of sulfonamides is 1. The minimum absolute atomic E-state index is 0.00754. The first kappa shape index (κ1) is 15.3. The van der Waals surface area contributed by atoms with Crippen LogP contribution in [0.3, 0.4) is 0 Å². The highest BCUT2D eigenvalue weighted by molar-refractivity contribution is 7.89. The fraction of sp³-hybridized carbons (Fsp3) is 0.364. The summed E-state index contributed by atoms with van der Waals surface area (Å²) in [6, 6.07) is 3.97. The molecule has 1 aromatic carbocycles. The van der Waals surface area contributed by atoms with Crippen LogP contribution < -0.4 is 21.1 Å². The predicted molar refractivity (Wildman–Crippen MR) is 74.3 cm³/mol. The summed E-state index contributed by atoms with van der Waals surface area (Å²) in [6.45, 7) is 1.69. The summed E-state index contributed by atoms with van der Waals surface area (Å²) in [7, 11) is -0.724. The van der Waals surface area contributed by atoms with E-state index in [2.05, 4.69) is 15.4 Å². The first-order chi connectivity index (χ1) is 8.81. The van der Waals surface area contributed by atoms with E-state index in [9.17, 15) is 13.2 Å². The molecule has 1 amide bonds. The van der Waals surface area contributed by atoms with Gasteiger partial charge in [-0.05, 0) is 32.2 Å². The first-order valence-electron chi connectivity index (χ1n) is 5.63. The summed E-state index contributed by atoms with van der Waals surface area (Å²) in [5.41, 5.74) is 6.39. The van der Waals surface area contributed by atoms with E-state index in [4.69, 9.17) is 5.73 Å². The van der Waals surface area contributed by atoms with Crippen LogP contribution in [0.25, 0.3) is 0 Å². The monoisotopic (exact) mass is 286 g/mol. The van der Waals surface area contributed by atoms with E-state index in [-0.39, 0.29) is 16.5 Å². The molecule has 1 unspecified atom stereocenters. The zero-order chi connectivity index (χ0) is 14.6. The molecule has 0 radical (unpaired) electrons. The summed E-state index contributed by atoms with van der Waals surface area (Å²) < 4.78 is 25.5. The molecule has 0 spiro atoms. The van der Waals surface area contributed by atoms with Crippen LogP contribution >= 0.6 is 0 Å². The third-order valence-electron chi connectivity index (χ3n) is 2.59. The number of hydrogen-bond acceptors (Lipinski definition) is 5. The maximum absolute atomic E-state index is 11.6. The van der Waals surface area contributed by atoms with E-state index in [1.165, 1.54) is 26.2 Å². The molecule has 7 nitrogen and oxygen atoms in total. The molecule has 0 heterocycles. The topological polar surface area (TPSA) is 113 Å². The van der Waals surface area contributed by atoms with Crippen molar-refractivity contribution in [2.45, 2.75) is 17.9 Å². The molecule has 0 aromatic heterocycles. The number of hydrogen-bond donors (Lipinski definition) is 4. The van der Waals surface area contributed by atoms with Crippen LogP contribution in [0, 0.1) is 0 Å². The van der Waals surface area contributed by atoms with Crippen molar-refractivity contribution < 1.29 is 13.2 Å². The molecule has 0 saturated heterocycles. The highest BCUT2D eigenvalue weighted by Crippen LogP contribution is 2.22. The maximum Gasteiger partial charge on any atom is 0.242 e. The van der Waals surface area contributed by atoms with Crippen LogP contribution in [0.15, 0.2) is 23.1 Å². The molecule has 0 aliphatic heterocycles. The molecular formula is C11H18N4O3S. The quantitative estimate of drug-likeness (QED) is 0.556. The molecule has 8 heteroatoms. The van der Waals surface area contributed by atoms with E-state index in [0.29, 0.717) is 5.69 Å². The third-order valence-corrected chi connectivity index (χ3v) is 4.08. The van der Waals surface area contributed by atoms with Gasteiger partial charge in [0, 0.05) is 12.7 Å². The van der Waals surface area contributed by atoms with Gasteiger partial charge in [-0.2, -0.15) is 0 Å². The van der Waals surface area contributed by atoms with Crippen molar-refractivity contribution in [3.63, 3.8) is 0 Å². The average molecular weight is 286 g/mol. The Kier molecular flexibility index (Phi) is 4.73. The Hall–Kier alpha value is -1.80. The van der Waals surface area contributed by atoms with E-state index < -0.39 is 16.1 Å². The number of carbonyl (C=O) groups excluding carboxylic acids is 1. The highest BCUT2D eigenvalue weighted by atomic mass is 32.2. The maximum atomic E-state index is 11.6. The van der Waals surface area contributed by atoms with Gasteiger partial charge in [0.15, 0.2) is 0 Å². The zero-order valence-corrected chi connectivity index (χ0v) is 11.8. The molecule has 5 N–H and O–H groups in total. The lowest BCUT2D eigenvalue weighted by Gasteiger charge is -2.15. The second kappa shape index (κ2) is 5.89. The SMILES string of the molecule is CNC(=O)C(C)Nc1ccc(S(=O)(=O)NC)c(N)c1. The summed E-state index contributed by atoms with van der Waals surface area (Å²) in [5, 5.41) is 5.43. The number of benzene rings is 1. The Morgan fingerprint density at radius 2 is 1.95 bits per heavy atom. The van der Waals surface area contributed by atoms with Gasteiger partial charge in [-0.15, -0.1) is 0 Å². The molecule has 1 rings (SSSR count). The van der Waals surface area contributed by atoms with Crippen LogP contribution in [0.1, 0.15) is 6.92 Å². The van der Waals surface area contributed by atoms with Crippen molar-refractivity contribution in [1.29, 1.82) is 0 Å². The van der Waals surface area contributed by atoms with E-state index in [0.717, 1.165) is 0 Å². The summed E-state index contributed by atoms with van der Waals surface area (Å²) in [4.78, 5) is 11.4. The molecule has 0 aliphatic carbocycles. The Bertz CT molecular complexity index is 571. The fourth-order valence-electron chi connectivity index (χ4n) is 1.52. The molecule has 106 valence electrons.